The van der Waals surface area contributed by atoms with Gasteiger partial charge in [-0.3, -0.25) is 15.5 Å². The predicted octanol–water partition coefficient (Wildman–Crippen LogP) is 3.99. The Bertz CT molecular complexity index is 910. The van der Waals surface area contributed by atoms with Gasteiger partial charge in [0, 0.05) is 24.7 Å². The third-order valence-electron chi connectivity index (χ3n) is 4.25. The third-order valence-corrected chi connectivity index (χ3v) is 4.58. The van der Waals surface area contributed by atoms with Gasteiger partial charge in [0.1, 0.15) is 5.69 Å². The molecule has 0 amide bonds. The molecule has 2 N–H and O–H groups in total. The lowest BCUT2D eigenvalue weighted by Crippen LogP contribution is -2.19. The van der Waals surface area contributed by atoms with E-state index in [2.05, 4.69) is 10.5 Å². The van der Waals surface area contributed by atoms with Crippen LogP contribution in [-0.2, 0) is 0 Å². The maximum Gasteiger partial charge on any atom is 0.337 e. The van der Waals surface area contributed by atoms with Crippen molar-refractivity contribution in [2.45, 2.75) is 12.8 Å². The number of hydrogen-bond donors (Lipinski definition) is 2. The van der Waals surface area contributed by atoms with E-state index in [1.165, 1.54) is 24.4 Å². The minimum absolute atomic E-state index is 0.0394. The number of halogens is 1. The van der Waals surface area contributed by atoms with Gasteiger partial charge in [-0.2, -0.15) is 5.10 Å². The van der Waals surface area contributed by atoms with Crippen molar-refractivity contribution in [3.63, 3.8) is 0 Å². The van der Waals surface area contributed by atoms with Gasteiger partial charge in [-0.25, -0.2) is 4.79 Å². The maximum atomic E-state index is 11.4. The molecule has 140 valence electrons. The maximum absolute atomic E-state index is 11.4. The van der Waals surface area contributed by atoms with Gasteiger partial charge in [0.2, 0.25) is 0 Å². The first kappa shape index (κ1) is 18.7. The molecule has 27 heavy (non-hydrogen) atoms. The molecule has 2 aromatic carbocycles. The van der Waals surface area contributed by atoms with E-state index < -0.39 is 10.9 Å². The highest BCUT2D eigenvalue weighted by atomic mass is 35.5. The van der Waals surface area contributed by atoms with Crippen LogP contribution in [0.2, 0.25) is 5.02 Å². The molecule has 0 radical (unpaired) electrons. The van der Waals surface area contributed by atoms with E-state index in [9.17, 15) is 14.9 Å². The molecule has 9 heteroatoms. The Labute approximate surface area is 160 Å². The van der Waals surface area contributed by atoms with Gasteiger partial charge in [0.25, 0.3) is 5.69 Å². The third kappa shape index (κ3) is 4.35. The molecule has 0 aliphatic carbocycles. The standard InChI is InChI=1S/C18H17ClN4O4/c19-15-5-4-13(10-14(15)18(24)25)21-20-11-12-3-6-16(17(9-12)23(26)27)22-7-1-2-8-22/h3-6,9-11,21H,1-2,7-8H2,(H,24,25)/b20-11+. The first-order valence-corrected chi connectivity index (χ1v) is 8.69. The first-order valence-electron chi connectivity index (χ1n) is 8.31. The highest BCUT2D eigenvalue weighted by Gasteiger charge is 2.22. The Morgan fingerprint density at radius 1 is 1.26 bits per heavy atom. The number of nitrogens with zero attached hydrogens (tertiary/aromatic N) is 3. The minimum atomic E-state index is -1.14. The van der Waals surface area contributed by atoms with Crippen LogP contribution in [0.15, 0.2) is 41.5 Å². The lowest BCUT2D eigenvalue weighted by Gasteiger charge is -2.17. The molecule has 0 saturated carbocycles. The van der Waals surface area contributed by atoms with Gasteiger partial charge < -0.3 is 10.0 Å². The molecule has 0 unspecified atom stereocenters. The number of hydrogen-bond acceptors (Lipinski definition) is 6. The van der Waals surface area contributed by atoms with E-state index >= 15 is 0 Å². The molecular weight excluding hydrogens is 372 g/mol. The fourth-order valence-corrected chi connectivity index (χ4v) is 3.13. The zero-order valence-electron chi connectivity index (χ0n) is 14.3. The Morgan fingerprint density at radius 3 is 2.67 bits per heavy atom. The van der Waals surface area contributed by atoms with E-state index in [4.69, 9.17) is 16.7 Å². The van der Waals surface area contributed by atoms with Crippen molar-refractivity contribution in [2.75, 3.05) is 23.4 Å². The number of benzene rings is 2. The average Bonchev–Trinajstić information content (AvgIpc) is 3.17. The summed E-state index contributed by atoms with van der Waals surface area (Å²) in [6, 6.07) is 9.37. The van der Waals surface area contributed by atoms with Crippen LogP contribution in [0.3, 0.4) is 0 Å². The lowest BCUT2D eigenvalue weighted by atomic mass is 10.1. The normalized spacial score (nSPS) is 13.9. The quantitative estimate of drug-likeness (QED) is 0.440. The Kier molecular flexibility index (Phi) is 5.56. The molecule has 1 aliphatic rings. The number of rotatable bonds is 6. The molecule has 0 aromatic heterocycles. The number of carboxylic acids is 1. The number of aromatic carboxylic acids is 1. The van der Waals surface area contributed by atoms with Crippen LogP contribution >= 0.6 is 11.6 Å². The van der Waals surface area contributed by atoms with Crippen LogP contribution in [0.1, 0.15) is 28.8 Å². The smallest absolute Gasteiger partial charge is 0.337 e. The Morgan fingerprint density at radius 2 is 2.00 bits per heavy atom. The summed E-state index contributed by atoms with van der Waals surface area (Å²) in [4.78, 5) is 24.1. The van der Waals surface area contributed by atoms with Gasteiger partial charge in [-0.05, 0) is 37.1 Å². The zero-order chi connectivity index (χ0) is 19.4. The second-order valence-corrected chi connectivity index (χ2v) is 6.48. The van der Waals surface area contributed by atoms with Crippen molar-refractivity contribution in [3.05, 3.63) is 62.7 Å². The summed E-state index contributed by atoms with van der Waals surface area (Å²) in [5.74, 6) is -1.14. The number of carbonyl (C=O) groups is 1. The molecule has 1 heterocycles. The van der Waals surface area contributed by atoms with Crippen molar-refractivity contribution < 1.29 is 14.8 Å². The number of nitro benzene ring substituents is 1. The van der Waals surface area contributed by atoms with Crippen LogP contribution in [0.5, 0.6) is 0 Å². The number of nitrogens with one attached hydrogen (secondary N) is 1. The van der Waals surface area contributed by atoms with Crippen LogP contribution in [0.4, 0.5) is 17.1 Å². The Balaban J connectivity index is 1.77. The minimum Gasteiger partial charge on any atom is -0.478 e. The summed E-state index contributed by atoms with van der Waals surface area (Å²) < 4.78 is 0. The molecule has 0 bridgehead atoms. The van der Waals surface area contributed by atoms with E-state index in [0.29, 0.717) is 16.9 Å². The largest absolute Gasteiger partial charge is 0.478 e. The van der Waals surface area contributed by atoms with Gasteiger partial charge in [0.05, 0.1) is 27.4 Å². The summed E-state index contributed by atoms with van der Waals surface area (Å²) in [6.07, 6.45) is 3.50. The average molecular weight is 389 g/mol. The highest BCUT2D eigenvalue weighted by Crippen LogP contribution is 2.31. The van der Waals surface area contributed by atoms with Crippen molar-refractivity contribution in [2.24, 2.45) is 5.10 Å². The molecule has 1 saturated heterocycles. The zero-order valence-corrected chi connectivity index (χ0v) is 15.0. The fourth-order valence-electron chi connectivity index (χ4n) is 2.93. The summed E-state index contributed by atoms with van der Waals surface area (Å²) in [7, 11) is 0. The monoisotopic (exact) mass is 388 g/mol. The van der Waals surface area contributed by atoms with Gasteiger partial charge >= 0.3 is 5.97 Å². The topological polar surface area (TPSA) is 108 Å². The van der Waals surface area contributed by atoms with E-state index in [1.807, 2.05) is 4.90 Å². The van der Waals surface area contributed by atoms with Gasteiger partial charge in [-0.15, -0.1) is 0 Å². The van der Waals surface area contributed by atoms with E-state index in [0.717, 1.165) is 25.9 Å². The SMILES string of the molecule is O=C(O)c1cc(N/N=C/c2ccc(N3CCCC3)c([N+](=O)[O-])c2)ccc1Cl. The summed E-state index contributed by atoms with van der Waals surface area (Å²) >= 11 is 5.82. The van der Waals surface area contributed by atoms with Crippen molar-refractivity contribution >= 4 is 40.8 Å². The molecule has 0 spiro atoms. The van der Waals surface area contributed by atoms with Crippen LogP contribution in [0, 0.1) is 10.1 Å². The first-order chi connectivity index (χ1) is 13.0. The fraction of sp³-hybridized carbons (Fsp3) is 0.222. The van der Waals surface area contributed by atoms with Gasteiger partial charge in [-0.1, -0.05) is 17.7 Å². The number of nitro groups is 1. The van der Waals surface area contributed by atoms with Crippen molar-refractivity contribution in [1.29, 1.82) is 0 Å². The second kappa shape index (κ2) is 8.05. The second-order valence-electron chi connectivity index (χ2n) is 6.07. The van der Waals surface area contributed by atoms with E-state index in [1.54, 1.807) is 18.2 Å². The summed E-state index contributed by atoms with van der Waals surface area (Å²) in [6.45, 7) is 1.64. The molecular formula is C18H17ClN4O4. The summed E-state index contributed by atoms with van der Waals surface area (Å²) in [5, 5.41) is 24.6. The Hall–Kier alpha value is -3.13. The molecule has 1 aliphatic heterocycles. The van der Waals surface area contributed by atoms with Crippen LogP contribution < -0.4 is 10.3 Å². The van der Waals surface area contributed by atoms with Crippen LogP contribution in [0.25, 0.3) is 0 Å². The van der Waals surface area contributed by atoms with E-state index in [-0.39, 0.29) is 16.3 Å². The molecule has 3 rings (SSSR count). The lowest BCUT2D eigenvalue weighted by molar-refractivity contribution is -0.384. The molecule has 1 fully saturated rings. The van der Waals surface area contributed by atoms with Crippen molar-refractivity contribution in [1.82, 2.24) is 0 Å². The van der Waals surface area contributed by atoms with Crippen LogP contribution in [-0.4, -0.2) is 35.3 Å². The highest BCUT2D eigenvalue weighted by molar-refractivity contribution is 6.33. The molecule has 8 nitrogen and oxygen atoms in total. The van der Waals surface area contributed by atoms with Gasteiger partial charge in [0.15, 0.2) is 0 Å². The summed E-state index contributed by atoms with van der Waals surface area (Å²) in [5.41, 5.74) is 4.32. The molecule has 0 atom stereocenters. The number of hydrazone groups is 1. The predicted molar refractivity (Wildman–Crippen MR) is 104 cm³/mol. The number of anilines is 2. The molecule has 2 aromatic rings. The number of carboxylic acid groups (broad SMARTS) is 1. The van der Waals surface area contributed by atoms with Crippen molar-refractivity contribution in [3.8, 4) is 0 Å².